The summed E-state index contributed by atoms with van der Waals surface area (Å²) >= 11 is 0. The average Bonchev–Trinajstić information content (AvgIpc) is 3.18. The van der Waals surface area contributed by atoms with Gasteiger partial charge in [-0.05, 0) is 42.7 Å². The highest BCUT2D eigenvalue weighted by Crippen LogP contribution is 2.47. The van der Waals surface area contributed by atoms with E-state index in [1.807, 2.05) is 24.3 Å². The first-order chi connectivity index (χ1) is 17.8. The van der Waals surface area contributed by atoms with E-state index in [2.05, 4.69) is 5.32 Å². The van der Waals surface area contributed by atoms with Crippen LogP contribution in [0.25, 0.3) is 0 Å². The molecule has 1 saturated heterocycles. The number of Topliss-reactive ketones (excluding diaryl/α,β-unsaturated/α-hetero) is 1. The molecular weight excluding hydrogens is 472 g/mol. The molecular formula is C29H30N2O6. The van der Waals surface area contributed by atoms with E-state index in [0.29, 0.717) is 35.4 Å². The number of hydrogen-bond donors (Lipinski definition) is 2. The molecule has 2 heterocycles. The molecule has 37 heavy (non-hydrogen) atoms. The second-order valence-electron chi connectivity index (χ2n) is 9.86. The van der Waals surface area contributed by atoms with Gasteiger partial charge in [0, 0.05) is 42.3 Å². The Bertz CT molecular complexity index is 1340. The number of nitrogens with zero attached hydrogens (tertiary/aromatic N) is 1. The first-order valence-electron chi connectivity index (χ1n) is 12.4. The number of methoxy groups -OCH3 is 1. The molecule has 2 aliphatic heterocycles. The van der Waals surface area contributed by atoms with Gasteiger partial charge in [0.2, 0.25) is 5.91 Å². The second kappa shape index (κ2) is 9.76. The SMILES string of the molecule is COc1ccccc1[C@H]1CC(=O)C2=C(C1)NC(C)=C(C(=O)O[C@@H]1CC(=O)N(C)C1)[C@H]2c1cccc(O)c1. The minimum Gasteiger partial charge on any atom is -0.508 e. The lowest BCUT2D eigenvalue weighted by Gasteiger charge is -2.37. The molecule has 8 nitrogen and oxygen atoms in total. The summed E-state index contributed by atoms with van der Waals surface area (Å²) in [5.74, 6) is -0.731. The van der Waals surface area contributed by atoms with Crippen LogP contribution in [0.3, 0.4) is 0 Å². The molecule has 0 spiro atoms. The molecule has 2 aromatic carbocycles. The van der Waals surface area contributed by atoms with Crippen LogP contribution >= 0.6 is 0 Å². The highest BCUT2D eigenvalue weighted by molar-refractivity contribution is 6.04. The van der Waals surface area contributed by atoms with Crippen molar-refractivity contribution in [2.75, 3.05) is 20.7 Å². The number of likely N-dealkylation sites (N-methyl/N-ethyl adjacent to an activating group) is 1. The quantitative estimate of drug-likeness (QED) is 0.603. The molecule has 1 fully saturated rings. The molecule has 192 valence electrons. The zero-order valence-corrected chi connectivity index (χ0v) is 21.1. The number of benzene rings is 2. The highest BCUT2D eigenvalue weighted by Gasteiger charge is 2.43. The molecule has 0 unspecified atom stereocenters. The Kier molecular flexibility index (Phi) is 6.50. The summed E-state index contributed by atoms with van der Waals surface area (Å²) in [5.41, 5.74) is 3.75. The van der Waals surface area contributed by atoms with Crippen LogP contribution in [-0.2, 0) is 19.1 Å². The van der Waals surface area contributed by atoms with Gasteiger partial charge in [0.1, 0.15) is 17.6 Å². The molecule has 1 aliphatic carbocycles. The molecule has 0 radical (unpaired) electrons. The summed E-state index contributed by atoms with van der Waals surface area (Å²) in [7, 11) is 3.29. The molecule has 8 heteroatoms. The number of carbonyl (C=O) groups excluding carboxylic acids is 3. The first kappa shape index (κ1) is 24.6. The van der Waals surface area contributed by atoms with E-state index in [-0.39, 0.29) is 36.2 Å². The van der Waals surface area contributed by atoms with Crippen molar-refractivity contribution >= 4 is 17.7 Å². The third-order valence-corrected chi connectivity index (χ3v) is 7.41. The van der Waals surface area contributed by atoms with Crippen molar-refractivity contribution in [1.29, 1.82) is 0 Å². The monoisotopic (exact) mass is 502 g/mol. The Morgan fingerprint density at radius 2 is 1.86 bits per heavy atom. The van der Waals surface area contributed by atoms with Crippen molar-refractivity contribution in [3.05, 3.63) is 82.2 Å². The lowest BCUT2D eigenvalue weighted by atomic mass is 9.71. The van der Waals surface area contributed by atoms with E-state index in [0.717, 1.165) is 17.0 Å². The van der Waals surface area contributed by atoms with Gasteiger partial charge in [-0.3, -0.25) is 9.59 Å². The number of nitrogens with one attached hydrogen (secondary N) is 1. The summed E-state index contributed by atoms with van der Waals surface area (Å²) in [5, 5.41) is 13.6. The largest absolute Gasteiger partial charge is 0.508 e. The number of esters is 1. The predicted octanol–water partition coefficient (Wildman–Crippen LogP) is 3.54. The van der Waals surface area contributed by atoms with E-state index in [1.54, 1.807) is 45.3 Å². The van der Waals surface area contributed by atoms with Crippen molar-refractivity contribution in [2.45, 2.75) is 44.1 Å². The number of para-hydroxylation sites is 1. The number of allylic oxidation sites excluding steroid dienone is 3. The molecule has 5 rings (SSSR count). The number of amides is 1. The van der Waals surface area contributed by atoms with Gasteiger partial charge in [0.05, 0.1) is 25.6 Å². The van der Waals surface area contributed by atoms with E-state index >= 15 is 0 Å². The highest BCUT2D eigenvalue weighted by atomic mass is 16.5. The Hall–Kier alpha value is -4.07. The van der Waals surface area contributed by atoms with Crippen LogP contribution in [0.4, 0.5) is 0 Å². The molecule has 1 amide bonds. The van der Waals surface area contributed by atoms with E-state index < -0.39 is 18.0 Å². The Morgan fingerprint density at radius 1 is 1.08 bits per heavy atom. The number of dihydropyridines is 1. The molecule has 2 N–H and O–H groups in total. The van der Waals surface area contributed by atoms with E-state index in [1.165, 1.54) is 4.90 Å². The minimum atomic E-state index is -0.697. The fourth-order valence-electron chi connectivity index (χ4n) is 5.69. The normalized spacial score (nSPS) is 23.6. The topological polar surface area (TPSA) is 105 Å². The predicted molar refractivity (Wildman–Crippen MR) is 136 cm³/mol. The molecule has 2 aromatic rings. The van der Waals surface area contributed by atoms with Gasteiger partial charge in [0.15, 0.2) is 5.78 Å². The van der Waals surface area contributed by atoms with Crippen molar-refractivity contribution in [3.63, 3.8) is 0 Å². The smallest absolute Gasteiger partial charge is 0.337 e. The molecule has 0 saturated carbocycles. The van der Waals surface area contributed by atoms with Gasteiger partial charge < -0.3 is 24.8 Å². The number of ether oxygens (including phenoxy) is 2. The van der Waals surface area contributed by atoms with Gasteiger partial charge >= 0.3 is 5.97 Å². The average molecular weight is 503 g/mol. The Balaban J connectivity index is 1.53. The van der Waals surface area contributed by atoms with Crippen LogP contribution in [0.1, 0.15) is 49.1 Å². The Morgan fingerprint density at radius 3 is 2.57 bits per heavy atom. The number of hydrogen-bond acceptors (Lipinski definition) is 7. The van der Waals surface area contributed by atoms with E-state index in [4.69, 9.17) is 9.47 Å². The summed E-state index contributed by atoms with van der Waals surface area (Å²) < 4.78 is 11.3. The summed E-state index contributed by atoms with van der Waals surface area (Å²) in [6.45, 7) is 2.12. The summed E-state index contributed by atoms with van der Waals surface area (Å²) in [4.78, 5) is 40.8. The van der Waals surface area contributed by atoms with Crippen LogP contribution in [0, 0.1) is 0 Å². The van der Waals surface area contributed by atoms with Crippen LogP contribution in [0.5, 0.6) is 11.5 Å². The fourth-order valence-corrected chi connectivity index (χ4v) is 5.69. The zero-order chi connectivity index (χ0) is 26.3. The van der Waals surface area contributed by atoms with Crippen molar-refractivity contribution in [3.8, 4) is 11.5 Å². The van der Waals surface area contributed by atoms with Crippen LogP contribution in [0.2, 0.25) is 0 Å². The standard InChI is InChI=1S/C29H30N2O6/c1-16-26(29(35)37-20-14-25(34)31(2)15-20)27(17-7-6-8-19(32)11-17)28-22(30-16)12-18(13-23(28)33)21-9-4-5-10-24(21)36-3/h4-11,18,20,27,30,32H,12-15H2,1-3H3/t18-,20-,27-/m1/s1. The first-order valence-corrected chi connectivity index (χ1v) is 12.4. The maximum Gasteiger partial charge on any atom is 0.337 e. The third kappa shape index (κ3) is 4.59. The maximum atomic E-state index is 13.8. The maximum absolute atomic E-state index is 13.8. The zero-order valence-electron chi connectivity index (χ0n) is 21.1. The van der Waals surface area contributed by atoms with Gasteiger partial charge in [-0.2, -0.15) is 0 Å². The summed E-state index contributed by atoms with van der Waals surface area (Å²) in [6.07, 6.45) is 0.409. The number of rotatable bonds is 5. The number of phenolic OH excluding ortho intramolecular Hbond substituents is 1. The molecule has 3 atom stereocenters. The Labute approximate surface area is 215 Å². The molecule has 3 aliphatic rings. The van der Waals surface area contributed by atoms with Crippen LogP contribution in [-0.4, -0.2) is 54.5 Å². The number of phenols is 1. The van der Waals surface area contributed by atoms with Crippen LogP contribution in [0.15, 0.2) is 71.1 Å². The lowest BCUT2D eigenvalue weighted by molar-refractivity contribution is -0.144. The third-order valence-electron chi connectivity index (χ3n) is 7.41. The second-order valence-corrected chi connectivity index (χ2v) is 9.86. The summed E-state index contributed by atoms with van der Waals surface area (Å²) in [6, 6.07) is 14.3. The van der Waals surface area contributed by atoms with Crippen molar-refractivity contribution in [2.24, 2.45) is 0 Å². The minimum absolute atomic E-state index is 0.0433. The molecule has 0 bridgehead atoms. The number of carbonyl (C=O) groups is 3. The number of likely N-dealkylation sites (tertiary alicyclic amines) is 1. The van der Waals surface area contributed by atoms with Crippen LogP contribution < -0.4 is 10.1 Å². The van der Waals surface area contributed by atoms with Crippen molar-refractivity contribution < 1.29 is 29.0 Å². The molecule has 0 aromatic heterocycles. The van der Waals surface area contributed by atoms with Gasteiger partial charge in [-0.25, -0.2) is 4.79 Å². The fraction of sp³-hybridized carbons (Fsp3) is 0.345. The lowest BCUT2D eigenvalue weighted by Crippen LogP contribution is -2.37. The number of ketones is 1. The van der Waals surface area contributed by atoms with E-state index in [9.17, 15) is 19.5 Å². The van der Waals surface area contributed by atoms with Gasteiger partial charge in [-0.1, -0.05) is 30.3 Å². The van der Waals surface area contributed by atoms with Gasteiger partial charge in [-0.15, -0.1) is 0 Å². The number of aromatic hydroxyl groups is 1. The van der Waals surface area contributed by atoms with Gasteiger partial charge in [0.25, 0.3) is 0 Å². The van der Waals surface area contributed by atoms with Crippen molar-refractivity contribution in [1.82, 2.24) is 10.2 Å².